The summed E-state index contributed by atoms with van der Waals surface area (Å²) >= 11 is 7.52. The Morgan fingerprint density at radius 3 is 1.75 bits per heavy atom. The van der Waals surface area contributed by atoms with Crippen molar-refractivity contribution in [2.45, 2.75) is 31.6 Å². The van der Waals surface area contributed by atoms with Gasteiger partial charge in [-0.15, -0.1) is 0 Å². The molecule has 0 radical (unpaired) electrons. The number of benzene rings is 10. The van der Waals surface area contributed by atoms with Crippen LogP contribution in [-0.2, 0) is 11.8 Å². The molecule has 1 unspecified atom stereocenters. The molecule has 10 aromatic carbocycles. The molecule has 13 rings (SSSR count). The Balaban J connectivity index is 1.03. The van der Waals surface area contributed by atoms with Gasteiger partial charge in [0.1, 0.15) is 0 Å². The Morgan fingerprint density at radius 1 is 0.472 bits per heavy atom. The predicted molar refractivity (Wildman–Crippen MR) is 302 cm³/mol. The maximum absolute atomic E-state index is 7.52. The fourth-order valence-electron chi connectivity index (χ4n) is 12.4. The Bertz CT molecular complexity index is 3810. The number of fused-ring (bicyclic) bond motifs is 6. The van der Waals surface area contributed by atoms with Crippen molar-refractivity contribution in [3.8, 4) is 27.9 Å². The zero-order valence-electron chi connectivity index (χ0n) is 40.3. The SMILES string of the molecule is CC1=C(c2ccccc2C)C(c2cc(Cl)cc(N(c3ccc(-c4ccccc4)cc3)c3ccc4c(c3)-c3ccccc3C4(c3ccccc3)c3ccccc3)c2)Cc2c1n(-c1ccccc1)c1ccccc21. The summed E-state index contributed by atoms with van der Waals surface area (Å²) in [5.41, 5.74) is 23.8. The van der Waals surface area contributed by atoms with Crippen LogP contribution in [0.1, 0.15) is 63.0 Å². The van der Waals surface area contributed by atoms with E-state index in [-0.39, 0.29) is 5.92 Å². The van der Waals surface area contributed by atoms with E-state index in [0.717, 1.165) is 29.2 Å². The van der Waals surface area contributed by atoms with E-state index >= 15 is 0 Å². The van der Waals surface area contributed by atoms with E-state index in [1.165, 1.54) is 94.5 Å². The van der Waals surface area contributed by atoms with Gasteiger partial charge < -0.3 is 9.47 Å². The molecular weight excluding hydrogens is 892 g/mol. The van der Waals surface area contributed by atoms with Gasteiger partial charge in [0.15, 0.2) is 0 Å². The van der Waals surface area contributed by atoms with E-state index in [0.29, 0.717) is 5.02 Å². The highest BCUT2D eigenvalue weighted by atomic mass is 35.5. The number of aryl methyl sites for hydroxylation is 1. The first-order valence-corrected chi connectivity index (χ1v) is 25.4. The molecule has 1 aromatic heterocycles. The van der Waals surface area contributed by atoms with E-state index in [9.17, 15) is 0 Å². The van der Waals surface area contributed by atoms with Gasteiger partial charge in [0.25, 0.3) is 0 Å². The lowest BCUT2D eigenvalue weighted by Crippen LogP contribution is -2.28. The van der Waals surface area contributed by atoms with Gasteiger partial charge in [-0.2, -0.15) is 0 Å². The van der Waals surface area contributed by atoms with Crippen molar-refractivity contribution in [1.82, 2.24) is 4.57 Å². The minimum absolute atomic E-state index is 0.0117. The lowest BCUT2D eigenvalue weighted by atomic mass is 9.68. The molecule has 11 aromatic rings. The summed E-state index contributed by atoms with van der Waals surface area (Å²) < 4.78 is 2.48. The standard InChI is InChI=1S/C69H51ClN2/c1-46-21-15-16-30-58(46)67-47(2)68-63(60-32-18-20-34-66(60)72(68)54-28-13-6-14-29-54)45-61(67)50-41-53(70)43-57(42-50)71(55-37-35-49(36-38-55)48-22-7-3-8-23-48)56-39-40-65-62(44-56)59-31-17-19-33-64(59)69(65,51-24-9-4-10-25-51)52-26-11-5-12-27-52/h3-44,61H,45H2,1-2H3. The van der Waals surface area contributed by atoms with Gasteiger partial charge in [0, 0.05) is 39.1 Å². The summed E-state index contributed by atoms with van der Waals surface area (Å²) in [4.78, 5) is 2.41. The fraction of sp³-hybridized carbons (Fsp3) is 0.0725. The molecule has 2 nitrogen and oxygen atoms in total. The molecule has 0 fully saturated rings. The van der Waals surface area contributed by atoms with Crippen LogP contribution in [0, 0.1) is 6.92 Å². The van der Waals surface area contributed by atoms with Gasteiger partial charge in [-0.3, -0.25) is 0 Å². The van der Waals surface area contributed by atoms with E-state index < -0.39 is 5.41 Å². The molecule has 0 N–H and O–H groups in total. The van der Waals surface area contributed by atoms with Crippen molar-refractivity contribution < 1.29 is 0 Å². The van der Waals surface area contributed by atoms with Crippen LogP contribution in [0.25, 0.3) is 50.0 Å². The normalized spacial score (nSPS) is 14.5. The number of nitrogens with zero attached hydrogens (tertiary/aromatic N) is 2. The fourth-order valence-corrected chi connectivity index (χ4v) is 12.6. The summed E-state index contributed by atoms with van der Waals surface area (Å²) in [5.74, 6) is 0.0117. The highest BCUT2D eigenvalue weighted by molar-refractivity contribution is 6.31. The third-order valence-corrected chi connectivity index (χ3v) is 15.7. The van der Waals surface area contributed by atoms with E-state index in [1.54, 1.807) is 0 Å². The summed E-state index contributed by atoms with van der Waals surface area (Å²) in [5, 5.41) is 1.99. The molecule has 0 aliphatic heterocycles. The summed E-state index contributed by atoms with van der Waals surface area (Å²) in [6.07, 6.45) is 0.818. The number of hydrogen-bond donors (Lipinski definition) is 0. The zero-order valence-corrected chi connectivity index (χ0v) is 41.1. The van der Waals surface area contributed by atoms with Crippen LogP contribution in [0.5, 0.6) is 0 Å². The van der Waals surface area contributed by atoms with Crippen LogP contribution in [0.15, 0.2) is 255 Å². The summed E-state index contributed by atoms with van der Waals surface area (Å²) in [7, 11) is 0. The summed E-state index contributed by atoms with van der Waals surface area (Å²) in [6, 6.07) is 93.2. The van der Waals surface area contributed by atoms with Gasteiger partial charge in [0.2, 0.25) is 0 Å². The van der Waals surface area contributed by atoms with Gasteiger partial charge in [0.05, 0.1) is 16.6 Å². The first-order chi connectivity index (χ1) is 35.5. The number of para-hydroxylation sites is 2. The Labute approximate surface area is 427 Å². The Kier molecular flexibility index (Phi) is 10.7. The maximum atomic E-state index is 7.52. The molecule has 0 amide bonds. The topological polar surface area (TPSA) is 8.17 Å². The number of anilines is 3. The molecule has 0 bridgehead atoms. The van der Waals surface area contributed by atoms with Crippen molar-refractivity contribution in [3.63, 3.8) is 0 Å². The average molecular weight is 944 g/mol. The largest absolute Gasteiger partial charge is 0.310 e. The van der Waals surface area contributed by atoms with Crippen LogP contribution >= 0.6 is 11.6 Å². The van der Waals surface area contributed by atoms with Crippen molar-refractivity contribution >= 4 is 50.7 Å². The molecule has 0 saturated heterocycles. The molecule has 344 valence electrons. The lowest BCUT2D eigenvalue weighted by Gasteiger charge is -2.34. The van der Waals surface area contributed by atoms with Crippen LogP contribution in [0.3, 0.4) is 0 Å². The molecular formula is C69H51ClN2. The second kappa shape index (κ2) is 17.8. The van der Waals surface area contributed by atoms with Gasteiger partial charge in [-0.25, -0.2) is 0 Å². The average Bonchev–Trinajstić information content (AvgIpc) is 3.93. The number of allylic oxidation sites excluding steroid dienone is 2. The smallest absolute Gasteiger partial charge is 0.0713 e. The van der Waals surface area contributed by atoms with E-state index in [2.05, 4.69) is 278 Å². The first-order valence-electron chi connectivity index (χ1n) is 25.0. The number of halogens is 1. The molecule has 0 spiro atoms. The van der Waals surface area contributed by atoms with Crippen molar-refractivity contribution in [3.05, 3.63) is 310 Å². The Hall–Kier alpha value is -8.43. The molecule has 72 heavy (non-hydrogen) atoms. The van der Waals surface area contributed by atoms with E-state index in [4.69, 9.17) is 11.6 Å². The molecule has 0 saturated carbocycles. The highest BCUT2D eigenvalue weighted by Gasteiger charge is 2.46. The van der Waals surface area contributed by atoms with Gasteiger partial charge in [-0.05, 0) is 159 Å². The molecule has 2 aliphatic carbocycles. The van der Waals surface area contributed by atoms with Gasteiger partial charge in [-0.1, -0.05) is 206 Å². The van der Waals surface area contributed by atoms with E-state index in [1.807, 2.05) is 0 Å². The van der Waals surface area contributed by atoms with Crippen LogP contribution in [0.2, 0.25) is 5.02 Å². The quantitative estimate of drug-likeness (QED) is 0.140. The third-order valence-electron chi connectivity index (χ3n) is 15.4. The maximum Gasteiger partial charge on any atom is 0.0713 e. The molecule has 1 atom stereocenters. The highest BCUT2D eigenvalue weighted by Crippen LogP contribution is 2.58. The summed E-state index contributed by atoms with van der Waals surface area (Å²) in [6.45, 7) is 4.58. The number of hydrogen-bond acceptors (Lipinski definition) is 1. The Morgan fingerprint density at radius 2 is 1.04 bits per heavy atom. The minimum atomic E-state index is -0.502. The van der Waals surface area contributed by atoms with Crippen LogP contribution in [0.4, 0.5) is 17.1 Å². The molecule has 3 heteroatoms. The van der Waals surface area contributed by atoms with Crippen molar-refractivity contribution in [2.24, 2.45) is 0 Å². The van der Waals surface area contributed by atoms with Crippen molar-refractivity contribution in [1.29, 1.82) is 0 Å². The minimum Gasteiger partial charge on any atom is -0.310 e. The lowest BCUT2D eigenvalue weighted by molar-refractivity contribution is 0.768. The number of aromatic nitrogens is 1. The van der Waals surface area contributed by atoms with Crippen LogP contribution < -0.4 is 4.90 Å². The molecule has 1 heterocycles. The second-order valence-corrected chi connectivity index (χ2v) is 19.8. The third kappa shape index (κ3) is 7.01. The monoisotopic (exact) mass is 942 g/mol. The number of rotatable bonds is 9. The first kappa shape index (κ1) is 43.6. The van der Waals surface area contributed by atoms with Crippen molar-refractivity contribution in [2.75, 3.05) is 4.90 Å². The zero-order chi connectivity index (χ0) is 48.3. The van der Waals surface area contributed by atoms with Gasteiger partial charge >= 0.3 is 0 Å². The molecule has 2 aliphatic rings. The second-order valence-electron chi connectivity index (χ2n) is 19.4. The predicted octanol–water partition coefficient (Wildman–Crippen LogP) is 18.4. The van der Waals surface area contributed by atoms with Crippen LogP contribution in [-0.4, -0.2) is 4.57 Å².